The van der Waals surface area contributed by atoms with Crippen LogP contribution in [0.25, 0.3) is 10.4 Å². The molecule has 4 atom stereocenters. The first-order chi connectivity index (χ1) is 8.13. The smallest absolute Gasteiger partial charge is 0.302 e. The number of ether oxygens (including phenoxy) is 4. The van der Waals surface area contributed by atoms with Gasteiger partial charge in [0.1, 0.15) is 24.4 Å². The molecule has 94 valence electrons. The van der Waals surface area contributed by atoms with Crippen molar-refractivity contribution in [1.29, 1.82) is 0 Å². The van der Waals surface area contributed by atoms with Gasteiger partial charge in [-0.2, -0.15) is 0 Å². The van der Waals surface area contributed by atoms with Crippen LogP contribution < -0.4 is 0 Å². The molecule has 2 saturated heterocycles. The fourth-order valence-electron chi connectivity index (χ4n) is 2.14. The largest absolute Gasteiger partial charge is 0.463 e. The quantitative estimate of drug-likeness (QED) is 0.307. The van der Waals surface area contributed by atoms with Crippen LogP contribution in [0.3, 0.4) is 0 Å². The molecule has 0 aromatic heterocycles. The van der Waals surface area contributed by atoms with Crippen molar-refractivity contribution in [3.05, 3.63) is 10.4 Å². The van der Waals surface area contributed by atoms with E-state index in [0.29, 0.717) is 0 Å². The Morgan fingerprint density at radius 2 is 2.47 bits per heavy atom. The van der Waals surface area contributed by atoms with Crippen molar-refractivity contribution >= 4 is 5.97 Å². The summed E-state index contributed by atoms with van der Waals surface area (Å²) in [5.74, 6) is -0.424. The highest BCUT2D eigenvalue weighted by molar-refractivity contribution is 5.66. The van der Waals surface area contributed by atoms with E-state index in [1.165, 1.54) is 14.0 Å². The van der Waals surface area contributed by atoms with E-state index in [1.807, 2.05) is 0 Å². The van der Waals surface area contributed by atoms with Crippen molar-refractivity contribution in [3.8, 4) is 0 Å². The van der Waals surface area contributed by atoms with E-state index in [4.69, 9.17) is 24.5 Å². The summed E-state index contributed by atoms with van der Waals surface area (Å²) in [5.41, 5.74) is 7.61. The number of methoxy groups -OCH3 is 1. The lowest BCUT2D eigenvalue weighted by molar-refractivity contribution is -0.243. The van der Waals surface area contributed by atoms with Crippen LogP contribution in [0.1, 0.15) is 6.92 Å². The Hall–Kier alpha value is -1.34. The molecule has 0 N–H and O–H groups in total. The van der Waals surface area contributed by atoms with Crippen LogP contribution >= 0.6 is 0 Å². The van der Waals surface area contributed by atoms with Crippen molar-refractivity contribution in [2.45, 2.75) is 31.0 Å². The zero-order chi connectivity index (χ0) is 12.5. The molecule has 17 heavy (non-hydrogen) atoms. The predicted molar refractivity (Wildman–Crippen MR) is 53.9 cm³/mol. The van der Waals surface area contributed by atoms with Gasteiger partial charge in [-0.05, 0) is 5.53 Å². The third-order valence-electron chi connectivity index (χ3n) is 2.92. The normalized spacial score (nSPS) is 38.8. The average molecular weight is 243 g/mol. The molecule has 2 bridgehead atoms. The van der Waals surface area contributed by atoms with Gasteiger partial charge in [0.25, 0.3) is 0 Å². The maximum absolute atomic E-state index is 10.8. The molecule has 2 heterocycles. The number of carbonyl (C=O) groups is 1. The molecule has 2 aliphatic rings. The van der Waals surface area contributed by atoms with Crippen LogP contribution in [0, 0.1) is 0 Å². The third kappa shape index (κ3) is 1.96. The monoisotopic (exact) mass is 243 g/mol. The lowest BCUT2D eigenvalue weighted by Gasteiger charge is -2.29. The number of esters is 1. The first-order valence-corrected chi connectivity index (χ1v) is 5.13. The zero-order valence-corrected chi connectivity index (χ0v) is 9.53. The molecule has 2 aliphatic heterocycles. The zero-order valence-electron chi connectivity index (χ0n) is 9.53. The molecule has 0 unspecified atom stereocenters. The van der Waals surface area contributed by atoms with Gasteiger partial charge in [-0.3, -0.25) is 4.79 Å². The fraction of sp³-hybridized carbons (Fsp3) is 0.889. The first kappa shape index (κ1) is 12.1. The number of fused-ring (bicyclic) bond motifs is 2. The van der Waals surface area contributed by atoms with Crippen LogP contribution in [0.5, 0.6) is 0 Å². The number of rotatable bonds is 4. The molecule has 2 fully saturated rings. The number of nitrogens with zero attached hydrogens (tertiary/aromatic N) is 3. The maximum Gasteiger partial charge on any atom is 0.302 e. The summed E-state index contributed by atoms with van der Waals surface area (Å²) in [5, 5.41) is 3.66. The third-order valence-corrected chi connectivity index (χ3v) is 2.92. The van der Waals surface area contributed by atoms with Gasteiger partial charge in [0.05, 0.1) is 6.61 Å². The molecule has 0 aromatic rings. The van der Waals surface area contributed by atoms with E-state index in [2.05, 4.69) is 10.0 Å². The van der Waals surface area contributed by atoms with Gasteiger partial charge in [0.15, 0.2) is 6.29 Å². The summed E-state index contributed by atoms with van der Waals surface area (Å²) in [6, 6.07) is -0.545. The van der Waals surface area contributed by atoms with E-state index in [-0.39, 0.29) is 13.2 Å². The van der Waals surface area contributed by atoms with E-state index in [1.54, 1.807) is 0 Å². The van der Waals surface area contributed by atoms with Gasteiger partial charge in [0.2, 0.25) is 0 Å². The molecule has 0 spiro atoms. The number of azide groups is 1. The standard InChI is InChI=1S/C9H13N3O5/c1-5(13)15-3-9-4-16-6(7(9)11-12-10)8(14-2)17-9/h6-8H,3-4H2,1-2H3/t6-,7+,8-,9+/m1/s1. The Morgan fingerprint density at radius 1 is 1.71 bits per heavy atom. The Kier molecular flexibility index (Phi) is 3.21. The summed E-state index contributed by atoms with van der Waals surface area (Å²) in [7, 11) is 1.47. The Bertz CT molecular complexity index is 370. The molecule has 0 aromatic carbocycles. The van der Waals surface area contributed by atoms with E-state index < -0.39 is 30.0 Å². The lowest BCUT2D eigenvalue weighted by atomic mass is 9.98. The van der Waals surface area contributed by atoms with Crippen molar-refractivity contribution in [2.75, 3.05) is 20.3 Å². The van der Waals surface area contributed by atoms with Crippen LogP contribution in [-0.4, -0.2) is 50.3 Å². The molecule has 0 aliphatic carbocycles. The summed E-state index contributed by atoms with van der Waals surface area (Å²) >= 11 is 0. The minimum atomic E-state index is -0.927. The molecule has 8 heteroatoms. The highest BCUT2D eigenvalue weighted by atomic mass is 16.7. The minimum Gasteiger partial charge on any atom is -0.463 e. The van der Waals surface area contributed by atoms with Gasteiger partial charge in [0, 0.05) is 18.9 Å². The van der Waals surface area contributed by atoms with Gasteiger partial charge in [-0.25, -0.2) is 0 Å². The lowest BCUT2D eigenvalue weighted by Crippen LogP contribution is -2.45. The van der Waals surface area contributed by atoms with Crippen LogP contribution in [0.15, 0.2) is 5.11 Å². The summed E-state index contributed by atoms with van der Waals surface area (Å²) in [4.78, 5) is 13.6. The van der Waals surface area contributed by atoms with Crippen LogP contribution in [-0.2, 0) is 23.7 Å². The summed E-state index contributed by atoms with van der Waals surface area (Å²) in [6.07, 6.45) is -1.05. The van der Waals surface area contributed by atoms with Crippen molar-refractivity contribution in [3.63, 3.8) is 0 Å². The van der Waals surface area contributed by atoms with Gasteiger partial charge < -0.3 is 18.9 Å². The van der Waals surface area contributed by atoms with E-state index >= 15 is 0 Å². The minimum absolute atomic E-state index is 0.0115. The topological polar surface area (TPSA) is 103 Å². The van der Waals surface area contributed by atoms with E-state index in [0.717, 1.165) is 0 Å². The number of hydrogen-bond acceptors (Lipinski definition) is 6. The van der Waals surface area contributed by atoms with Gasteiger partial charge in [-0.1, -0.05) is 5.11 Å². The number of hydrogen-bond donors (Lipinski definition) is 0. The Morgan fingerprint density at radius 3 is 3.06 bits per heavy atom. The SMILES string of the molecule is CO[C@@H]1O[C@@]2(COC(C)=O)CO[C@@H]1[C@@H]2N=[N+]=[N-]. The summed E-state index contributed by atoms with van der Waals surface area (Å²) in [6.45, 7) is 1.51. The molecule has 2 rings (SSSR count). The maximum atomic E-state index is 10.8. The molecule has 0 saturated carbocycles. The second-order valence-corrected chi connectivity index (χ2v) is 3.99. The van der Waals surface area contributed by atoms with Gasteiger partial charge >= 0.3 is 5.97 Å². The van der Waals surface area contributed by atoms with Gasteiger partial charge in [-0.15, -0.1) is 0 Å². The molecule has 8 nitrogen and oxygen atoms in total. The molecular formula is C9H13N3O5. The highest BCUT2D eigenvalue weighted by Gasteiger charge is 2.62. The Balaban J connectivity index is 2.18. The molecule has 0 radical (unpaired) electrons. The molecular weight excluding hydrogens is 230 g/mol. The van der Waals surface area contributed by atoms with Crippen molar-refractivity contribution < 1.29 is 23.7 Å². The van der Waals surface area contributed by atoms with Crippen molar-refractivity contribution in [2.24, 2.45) is 5.11 Å². The fourth-order valence-corrected chi connectivity index (χ4v) is 2.14. The molecule has 0 amide bonds. The summed E-state index contributed by atoms with van der Waals surface area (Å²) < 4.78 is 21.1. The first-order valence-electron chi connectivity index (χ1n) is 5.13. The van der Waals surface area contributed by atoms with E-state index in [9.17, 15) is 4.79 Å². The van der Waals surface area contributed by atoms with Crippen LogP contribution in [0.4, 0.5) is 0 Å². The second kappa shape index (κ2) is 4.50. The Labute approximate surface area is 97.4 Å². The van der Waals surface area contributed by atoms with Crippen LogP contribution in [0.2, 0.25) is 0 Å². The van der Waals surface area contributed by atoms with Crippen molar-refractivity contribution in [1.82, 2.24) is 0 Å². The second-order valence-electron chi connectivity index (χ2n) is 3.99. The highest BCUT2D eigenvalue weighted by Crippen LogP contribution is 2.42. The number of carbonyl (C=O) groups excluding carboxylic acids is 1. The predicted octanol–water partition coefficient (Wildman–Crippen LogP) is 0.369. The average Bonchev–Trinajstić information content (AvgIpc) is 2.80.